The third-order valence-corrected chi connectivity index (χ3v) is 3.16. The lowest BCUT2D eigenvalue weighted by Gasteiger charge is -2.11. The molecular formula is C14H14BrNO2. The Bertz CT molecular complexity index is 513. The molecule has 1 aromatic carbocycles. The van der Waals surface area contributed by atoms with Crippen molar-refractivity contribution in [1.29, 1.82) is 0 Å². The second-order valence-corrected chi connectivity index (χ2v) is 4.90. The fourth-order valence-corrected chi connectivity index (χ4v) is 2.16. The molecule has 0 aliphatic rings. The van der Waals surface area contributed by atoms with Crippen LogP contribution < -0.4 is 4.74 Å². The van der Waals surface area contributed by atoms with Gasteiger partial charge in [-0.05, 0) is 29.3 Å². The molecule has 0 radical (unpaired) electrons. The number of rotatable bonds is 4. The van der Waals surface area contributed by atoms with Gasteiger partial charge in [0.2, 0.25) is 5.88 Å². The molecule has 0 bridgehead atoms. The van der Waals surface area contributed by atoms with Crippen molar-refractivity contribution in [3.8, 4) is 5.88 Å². The molecule has 4 heteroatoms. The lowest BCUT2D eigenvalue weighted by Crippen LogP contribution is -2.02. The summed E-state index contributed by atoms with van der Waals surface area (Å²) in [6, 6.07) is 11.5. The van der Waals surface area contributed by atoms with Crippen LogP contribution in [-0.2, 0) is 6.42 Å². The van der Waals surface area contributed by atoms with Gasteiger partial charge in [-0.3, -0.25) is 0 Å². The molecule has 0 saturated carbocycles. The van der Waals surface area contributed by atoms with Crippen LogP contribution in [0.15, 0.2) is 47.1 Å². The summed E-state index contributed by atoms with van der Waals surface area (Å²) in [7, 11) is 1.57. The quantitative estimate of drug-likeness (QED) is 0.943. The standard InChI is InChI=1S/C14H14BrNO2/c1-18-14-6-5-11(9-16-14)13(17)8-10-3-2-4-12(15)7-10/h2-7,9,13,17H,8H2,1H3. The van der Waals surface area contributed by atoms with Gasteiger partial charge in [-0.1, -0.05) is 28.1 Å². The largest absolute Gasteiger partial charge is 0.481 e. The van der Waals surface area contributed by atoms with E-state index in [0.29, 0.717) is 12.3 Å². The van der Waals surface area contributed by atoms with E-state index in [-0.39, 0.29) is 0 Å². The molecule has 0 aliphatic carbocycles. The summed E-state index contributed by atoms with van der Waals surface area (Å²) in [5.41, 5.74) is 1.86. The second-order valence-electron chi connectivity index (χ2n) is 3.98. The molecule has 1 unspecified atom stereocenters. The Balaban J connectivity index is 2.09. The van der Waals surface area contributed by atoms with E-state index in [0.717, 1.165) is 15.6 Å². The molecule has 1 N–H and O–H groups in total. The van der Waals surface area contributed by atoms with Crippen molar-refractivity contribution in [3.63, 3.8) is 0 Å². The SMILES string of the molecule is COc1ccc(C(O)Cc2cccc(Br)c2)cn1. The van der Waals surface area contributed by atoms with Crippen LogP contribution in [0, 0.1) is 0 Å². The molecule has 94 valence electrons. The van der Waals surface area contributed by atoms with Crippen LogP contribution in [0.3, 0.4) is 0 Å². The van der Waals surface area contributed by atoms with Gasteiger partial charge in [0.05, 0.1) is 13.2 Å². The van der Waals surface area contributed by atoms with Crippen LogP contribution in [0.2, 0.25) is 0 Å². The molecule has 3 nitrogen and oxygen atoms in total. The Labute approximate surface area is 115 Å². The van der Waals surface area contributed by atoms with Crippen molar-refractivity contribution in [2.24, 2.45) is 0 Å². The van der Waals surface area contributed by atoms with Gasteiger partial charge in [-0.15, -0.1) is 0 Å². The predicted molar refractivity (Wildman–Crippen MR) is 73.6 cm³/mol. The number of aliphatic hydroxyl groups excluding tert-OH is 1. The van der Waals surface area contributed by atoms with Crippen molar-refractivity contribution in [2.45, 2.75) is 12.5 Å². The van der Waals surface area contributed by atoms with Gasteiger partial charge in [-0.25, -0.2) is 4.98 Å². The summed E-state index contributed by atoms with van der Waals surface area (Å²) in [4.78, 5) is 4.09. The molecule has 0 spiro atoms. The average Bonchev–Trinajstić information content (AvgIpc) is 2.39. The fourth-order valence-electron chi connectivity index (χ4n) is 1.71. The molecule has 1 aromatic heterocycles. The van der Waals surface area contributed by atoms with Gasteiger partial charge in [0.25, 0.3) is 0 Å². The first kappa shape index (κ1) is 13.1. The number of ether oxygens (including phenoxy) is 1. The minimum absolute atomic E-state index is 0.549. The number of methoxy groups -OCH3 is 1. The Kier molecular flexibility index (Phi) is 4.33. The number of aromatic nitrogens is 1. The Morgan fingerprint density at radius 3 is 2.78 bits per heavy atom. The second kappa shape index (κ2) is 5.98. The van der Waals surface area contributed by atoms with Gasteiger partial charge < -0.3 is 9.84 Å². The zero-order valence-corrected chi connectivity index (χ0v) is 11.6. The van der Waals surface area contributed by atoms with Crippen molar-refractivity contribution >= 4 is 15.9 Å². The summed E-state index contributed by atoms with van der Waals surface area (Å²) in [5.74, 6) is 0.549. The monoisotopic (exact) mass is 307 g/mol. The molecule has 18 heavy (non-hydrogen) atoms. The average molecular weight is 308 g/mol. The minimum atomic E-state index is -0.558. The zero-order valence-electron chi connectivity index (χ0n) is 10.0. The smallest absolute Gasteiger partial charge is 0.212 e. The lowest BCUT2D eigenvalue weighted by atomic mass is 10.0. The highest BCUT2D eigenvalue weighted by Gasteiger charge is 2.09. The van der Waals surface area contributed by atoms with Gasteiger partial charge in [0.1, 0.15) is 0 Å². The first-order valence-electron chi connectivity index (χ1n) is 5.61. The highest BCUT2D eigenvalue weighted by Crippen LogP contribution is 2.21. The number of benzene rings is 1. The van der Waals surface area contributed by atoms with Gasteiger partial charge in [0.15, 0.2) is 0 Å². The summed E-state index contributed by atoms with van der Waals surface area (Å²) >= 11 is 3.42. The minimum Gasteiger partial charge on any atom is -0.481 e. The molecule has 0 saturated heterocycles. The van der Waals surface area contributed by atoms with E-state index in [2.05, 4.69) is 20.9 Å². The number of aliphatic hydroxyl groups is 1. The van der Waals surface area contributed by atoms with Gasteiger partial charge in [0, 0.05) is 23.2 Å². The maximum atomic E-state index is 10.1. The summed E-state index contributed by atoms with van der Waals surface area (Å²) < 4.78 is 6.00. The van der Waals surface area contributed by atoms with Crippen LogP contribution in [-0.4, -0.2) is 17.2 Å². The van der Waals surface area contributed by atoms with Crippen LogP contribution in [0.1, 0.15) is 17.2 Å². The molecule has 2 aromatic rings. The summed E-state index contributed by atoms with van der Waals surface area (Å²) in [6.45, 7) is 0. The van der Waals surface area contributed by atoms with Crippen molar-refractivity contribution < 1.29 is 9.84 Å². The van der Waals surface area contributed by atoms with Crippen LogP contribution in [0.25, 0.3) is 0 Å². The van der Waals surface area contributed by atoms with Gasteiger partial charge >= 0.3 is 0 Å². The summed E-state index contributed by atoms with van der Waals surface area (Å²) in [6.07, 6.45) is 1.65. The first-order chi connectivity index (χ1) is 8.69. The third-order valence-electron chi connectivity index (χ3n) is 2.67. The first-order valence-corrected chi connectivity index (χ1v) is 6.41. The zero-order chi connectivity index (χ0) is 13.0. The van der Waals surface area contributed by atoms with E-state index in [4.69, 9.17) is 4.74 Å². The fraction of sp³-hybridized carbons (Fsp3) is 0.214. The van der Waals surface area contributed by atoms with Crippen LogP contribution in [0.5, 0.6) is 5.88 Å². The van der Waals surface area contributed by atoms with Crippen molar-refractivity contribution in [2.75, 3.05) is 7.11 Å². The van der Waals surface area contributed by atoms with Crippen LogP contribution in [0.4, 0.5) is 0 Å². The van der Waals surface area contributed by atoms with Crippen molar-refractivity contribution in [3.05, 3.63) is 58.2 Å². The Morgan fingerprint density at radius 2 is 2.17 bits per heavy atom. The van der Waals surface area contributed by atoms with E-state index in [9.17, 15) is 5.11 Å². The molecule has 1 heterocycles. The molecule has 1 atom stereocenters. The van der Waals surface area contributed by atoms with Crippen molar-refractivity contribution in [1.82, 2.24) is 4.98 Å². The normalized spacial score (nSPS) is 12.2. The molecule has 0 aliphatic heterocycles. The van der Waals surface area contributed by atoms with E-state index in [1.807, 2.05) is 30.3 Å². The third kappa shape index (κ3) is 3.31. The Morgan fingerprint density at radius 1 is 1.33 bits per heavy atom. The topological polar surface area (TPSA) is 42.4 Å². The number of nitrogens with zero attached hydrogens (tertiary/aromatic N) is 1. The maximum absolute atomic E-state index is 10.1. The predicted octanol–water partition coefficient (Wildman–Crippen LogP) is 3.13. The molecule has 2 rings (SSSR count). The lowest BCUT2D eigenvalue weighted by molar-refractivity contribution is 0.178. The van der Waals surface area contributed by atoms with E-state index in [1.165, 1.54) is 0 Å². The number of hydrogen-bond donors (Lipinski definition) is 1. The number of pyridine rings is 1. The highest BCUT2D eigenvalue weighted by atomic mass is 79.9. The highest BCUT2D eigenvalue weighted by molar-refractivity contribution is 9.10. The molecule has 0 amide bonds. The molecule has 0 fully saturated rings. The Hall–Kier alpha value is -1.39. The summed E-state index contributed by atoms with van der Waals surface area (Å²) in [5, 5.41) is 10.1. The van der Waals surface area contributed by atoms with E-state index in [1.54, 1.807) is 19.4 Å². The van der Waals surface area contributed by atoms with E-state index >= 15 is 0 Å². The van der Waals surface area contributed by atoms with Crippen LogP contribution >= 0.6 is 15.9 Å². The maximum Gasteiger partial charge on any atom is 0.212 e. The van der Waals surface area contributed by atoms with E-state index < -0.39 is 6.10 Å². The van der Waals surface area contributed by atoms with Gasteiger partial charge in [-0.2, -0.15) is 0 Å². The number of halogens is 1. The number of hydrogen-bond acceptors (Lipinski definition) is 3. The molecular weight excluding hydrogens is 294 g/mol.